The summed E-state index contributed by atoms with van der Waals surface area (Å²) in [5.74, 6) is 1.17. The van der Waals surface area contributed by atoms with Crippen LogP contribution in [0.4, 0.5) is 0 Å². The minimum absolute atomic E-state index is 0.0591. The molecule has 0 bridgehead atoms. The first-order chi connectivity index (χ1) is 9.75. The van der Waals surface area contributed by atoms with Gasteiger partial charge in [0.25, 0.3) is 0 Å². The highest BCUT2D eigenvalue weighted by molar-refractivity contribution is 5.87. The van der Waals surface area contributed by atoms with Gasteiger partial charge in [0.15, 0.2) is 0 Å². The van der Waals surface area contributed by atoms with Crippen molar-refractivity contribution >= 4 is 5.84 Å². The molecule has 2 aliphatic rings. The van der Waals surface area contributed by atoms with Crippen LogP contribution < -0.4 is 11.1 Å². The zero-order valence-electron chi connectivity index (χ0n) is 11.8. The van der Waals surface area contributed by atoms with E-state index >= 15 is 0 Å². The average molecular weight is 273 g/mol. The molecular weight excluding hydrogens is 250 g/mol. The first-order valence-corrected chi connectivity index (χ1v) is 7.48. The second-order valence-corrected chi connectivity index (χ2v) is 6.26. The summed E-state index contributed by atoms with van der Waals surface area (Å²) in [6.07, 6.45) is 5.54. The summed E-state index contributed by atoms with van der Waals surface area (Å²) < 4.78 is 0. The maximum absolute atomic E-state index is 8.97. The second-order valence-electron chi connectivity index (χ2n) is 6.26. The van der Waals surface area contributed by atoms with Crippen LogP contribution in [0.3, 0.4) is 0 Å². The van der Waals surface area contributed by atoms with Crippen LogP contribution >= 0.6 is 0 Å². The third-order valence-corrected chi connectivity index (χ3v) is 4.84. The Hall–Kier alpha value is -1.55. The van der Waals surface area contributed by atoms with Gasteiger partial charge < -0.3 is 16.3 Å². The van der Waals surface area contributed by atoms with Gasteiger partial charge >= 0.3 is 0 Å². The predicted molar refractivity (Wildman–Crippen MR) is 79.9 cm³/mol. The molecule has 0 amide bonds. The van der Waals surface area contributed by atoms with Crippen LogP contribution in [0.15, 0.2) is 35.5 Å². The number of rotatable bonds is 7. The Morgan fingerprint density at radius 2 is 2.05 bits per heavy atom. The molecule has 1 aromatic rings. The van der Waals surface area contributed by atoms with Crippen molar-refractivity contribution in [3.05, 3.63) is 35.9 Å². The highest BCUT2D eigenvalue weighted by atomic mass is 16.4. The quantitative estimate of drug-likeness (QED) is 0.309. The third kappa shape index (κ3) is 2.80. The molecule has 4 heteroatoms. The lowest BCUT2D eigenvalue weighted by Crippen LogP contribution is -2.35. The molecule has 0 aromatic heterocycles. The largest absolute Gasteiger partial charge is 0.409 e. The lowest BCUT2D eigenvalue weighted by atomic mass is 9.96. The molecule has 2 fully saturated rings. The molecule has 0 heterocycles. The Morgan fingerprint density at radius 1 is 1.35 bits per heavy atom. The fourth-order valence-corrected chi connectivity index (χ4v) is 3.20. The Kier molecular flexibility index (Phi) is 3.66. The zero-order valence-corrected chi connectivity index (χ0v) is 11.8. The molecule has 3 rings (SSSR count). The van der Waals surface area contributed by atoms with E-state index in [1.54, 1.807) is 0 Å². The summed E-state index contributed by atoms with van der Waals surface area (Å²) in [4.78, 5) is 0. The number of hydrogen-bond acceptors (Lipinski definition) is 3. The third-order valence-electron chi connectivity index (χ3n) is 4.84. The van der Waals surface area contributed by atoms with Gasteiger partial charge in [-0.2, -0.15) is 0 Å². The van der Waals surface area contributed by atoms with E-state index in [0.717, 1.165) is 24.6 Å². The highest BCUT2D eigenvalue weighted by Crippen LogP contribution is 2.60. The van der Waals surface area contributed by atoms with Crippen molar-refractivity contribution in [3.63, 3.8) is 0 Å². The molecule has 0 spiro atoms. The average Bonchev–Trinajstić information content (AvgIpc) is 3.37. The molecule has 4 N–H and O–H groups in total. The van der Waals surface area contributed by atoms with E-state index in [4.69, 9.17) is 10.9 Å². The molecule has 0 saturated heterocycles. The van der Waals surface area contributed by atoms with Crippen molar-refractivity contribution in [2.24, 2.45) is 22.2 Å². The van der Waals surface area contributed by atoms with E-state index in [0.29, 0.717) is 5.41 Å². The van der Waals surface area contributed by atoms with Gasteiger partial charge in [0, 0.05) is 13.1 Å². The molecule has 1 atom stereocenters. The van der Waals surface area contributed by atoms with Crippen LogP contribution in [0.25, 0.3) is 0 Å². The molecule has 1 unspecified atom stereocenters. The minimum Gasteiger partial charge on any atom is -0.409 e. The van der Waals surface area contributed by atoms with Crippen LogP contribution in [-0.4, -0.2) is 24.1 Å². The van der Waals surface area contributed by atoms with E-state index in [1.807, 2.05) is 30.3 Å². The van der Waals surface area contributed by atoms with Crippen molar-refractivity contribution < 1.29 is 5.21 Å². The summed E-state index contributed by atoms with van der Waals surface area (Å²) in [7, 11) is 0. The first kappa shape index (κ1) is 13.4. The van der Waals surface area contributed by atoms with Gasteiger partial charge in [-0.3, -0.25) is 0 Å². The van der Waals surface area contributed by atoms with E-state index in [1.165, 1.54) is 25.7 Å². The van der Waals surface area contributed by atoms with E-state index < -0.39 is 0 Å². The van der Waals surface area contributed by atoms with Gasteiger partial charge in [0.05, 0.1) is 5.92 Å². The van der Waals surface area contributed by atoms with Gasteiger partial charge in [-0.05, 0) is 42.6 Å². The molecule has 108 valence electrons. The van der Waals surface area contributed by atoms with Gasteiger partial charge in [-0.15, -0.1) is 0 Å². The van der Waals surface area contributed by atoms with Crippen molar-refractivity contribution in [1.29, 1.82) is 0 Å². The topological polar surface area (TPSA) is 70.6 Å². The van der Waals surface area contributed by atoms with Crippen molar-refractivity contribution in [1.82, 2.24) is 5.32 Å². The molecule has 4 nitrogen and oxygen atoms in total. The van der Waals surface area contributed by atoms with Crippen LogP contribution in [0.1, 0.15) is 37.2 Å². The second kappa shape index (κ2) is 5.44. The van der Waals surface area contributed by atoms with E-state index in [2.05, 4.69) is 10.5 Å². The monoisotopic (exact) mass is 273 g/mol. The number of oxime groups is 1. The smallest absolute Gasteiger partial charge is 0.147 e. The number of nitrogens with two attached hydrogens (primary N) is 1. The Morgan fingerprint density at radius 3 is 2.60 bits per heavy atom. The molecule has 2 aliphatic carbocycles. The maximum Gasteiger partial charge on any atom is 0.147 e. The van der Waals surface area contributed by atoms with E-state index in [9.17, 15) is 0 Å². The van der Waals surface area contributed by atoms with Crippen LogP contribution in [0, 0.1) is 11.3 Å². The van der Waals surface area contributed by atoms with Crippen molar-refractivity contribution in [3.8, 4) is 0 Å². The SMILES string of the molecule is N/C(=N/O)C(CNCC1(C2CC2)CC1)c1ccccc1. The Bertz CT molecular complexity index is 478. The normalized spacial score (nSPS) is 22.5. The Labute approximate surface area is 120 Å². The van der Waals surface area contributed by atoms with Gasteiger partial charge in [0.1, 0.15) is 5.84 Å². The van der Waals surface area contributed by atoms with Gasteiger partial charge in [0.2, 0.25) is 0 Å². The molecule has 20 heavy (non-hydrogen) atoms. The summed E-state index contributed by atoms with van der Waals surface area (Å²) in [6.45, 7) is 1.80. The summed E-state index contributed by atoms with van der Waals surface area (Å²) in [6, 6.07) is 10.0. The zero-order chi connectivity index (χ0) is 14.0. The first-order valence-electron chi connectivity index (χ1n) is 7.48. The molecule has 1 aromatic carbocycles. The molecule has 0 radical (unpaired) electrons. The predicted octanol–water partition coefficient (Wildman–Crippen LogP) is 2.30. The Balaban J connectivity index is 1.59. The molecular formula is C16H23N3O. The molecule has 2 saturated carbocycles. The van der Waals surface area contributed by atoms with Crippen LogP contribution in [0.5, 0.6) is 0 Å². The number of amidine groups is 1. The lowest BCUT2D eigenvalue weighted by molar-refractivity contribution is 0.315. The highest BCUT2D eigenvalue weighted by Gasteiger charge is 2.53. The standard InChI is InChI=1S/C16H23N3O/c17-15(19-20)14(12-4-2-1-3-5-12)10-18-11-16(8-9-16)13-6-7-13/h1-5,13-14,18,20H,6-11H2,(H2,17,19). The van der Waals surface area contributed by atoms with Crippen molar-refractivity contribution in [2.75, 3.05) is 13.1 Å². The number of nitrogens with one attached hydrogen (secondary N) is 1. The number of benzene rings is 1. The summed E-state index contributed by atoms with van der Waals surface area (Å²) in [5.41, 5.74) is 7.51. The maximum atomic E-state index is 8.97. The fraction of sp³-hybridized carbons (Fsp3) is 0.562. The lowest BCUT2D eigenvalue weighted by Gasteiger charge is -2.20. The fourth-order valence-electron chi connectivity index (χ4n) is 3.20. The van der Waals surface area contributed by atoms with Gasteiger partial charge in [-0.25, -0.2) is 0 Å². The van der Waals surface area contributed by atoms with E-state index in [-0.39, 0.29) is 11.8 Å². The number of hydrogen-bond donors (Lipinski definition) is 3. The van der Waals surface area contributed by atoms with Crippen LogP contribution in [-0.2, 0) is 0 Å². The van der Waals surface area contributed by atoms with Gasteiger partial charge in [-0.1, -0.05) is 35.5 Å². The van der Waals surface area contributed by atoms with Crippen LogP contribution in [0.2, 0.25) is 0 Å². The summed E-state index contributed by atoms with van der Waals surface area (Å²) in [5, 5.41) is 15.7. The summed E-state index contributed by atoms with van der Waals surface area (Å²) >= 11 is 0. The molecule has 0 aliphatic heterocycles. The van der Waals surface area contributed by atoms with Crippen molar-refractivity contribution in [2.45, 2.75) is 31.6 Å². The number of nitrogens with zero attached hydrogens (tertiary/aromatic N) is 1. The minimum atomic E-state index is -0.0591.